The van der Waals surface area contributed by atoms with E-state index >= 15 is 0 Å². The monoisotopic (exact) mass is 387 g/mol. The molecule has 0 amide bonds. The van der Waals surface area contributed by atoms with Crippen molar-refractivity contribution in [3.8, 4) is 5.75 Å². The highest BCUT2D eigenvalue weighted by Gasteiger charge is 2.41. The van der Waals surface area contributed by atoms with Crippen LogP contribution in [0, 0.1) is 5.92 Å². The van der Waals surface area contributed by atoms with Crippen LogP contribution in [0.2, 0.25) is 0 Å². The van der Waals surface area contributed by atoms with Gasteiger partial charge in [-0.05, 0) is 48.4 Å². The molecule has 1 atom stereocenters. The number of rotatable bonds is 2. The number of piperidine rings is 1. The topological polar surface area (TPSA) is 23.5 Å². The molecule has 6 heteroatoms. The van der Waals surface area contributed by atoms with Gasteiger partial charge in [0.25, 0.3) is 0 Å². The van der Waals surface area contributed by atoms with E-state index in [1.165, 1.54) is 0 Å². The van der Waals surface area contributed by atoms with Gasteiger partial charge in [-0.1, -0.05) is 28.1 Å². The zero-order valence-electron chi connectivity index (χ0n) is 12.4. The average molecular weight is 388 g/mol. The molecule has 2 aromatic rings. The third-order valence-electron chi connectivity index (χ3n) is 4.42. The lowest BCUT2D eigenvalue weighted by Crippen LogP contribution is -2.41. The number of nitrogens with zero attached hydrogens (tertiary/aromatic N) is 1. The number of hydrogen-bond acceptors (Lipinski definition) is 2. The maximum absolute atomic E-state index is 12.9. The van der Waals surface area contributed by atoms with Crippen LogP contribution in [0.15, 0.2) is 34.8 Å². The second-order valence-electron chi connectivity index (χ2n) is 6.04. The first-order valence-corrected chi connectivity index (χ1v) is 8.33. The summed E-state index contributed by atoms with van der Waals surface area (Å²) in [5.74, 6) is -1.14. The zero-order valence-corrected chi connectivity index (χ0v) is 14.0. The van der Waals surface area contributed by atoms with Crippen molar-refractivity contribution in [3.63, 3.8) is 0 Å². The van der Waals surface area contributed by atoms with Gasteiger partial charge in [0.05, 0.1) is 5.92 Å². The Morgan fingerprint density at radius 3 is 2.74 bits per heavy atom. The van der Waals surface area contributed by atoms with E-state index in [-0.39, 0.29) is 18.7 Å². The van der Waals surface area contributed by atoms with Crippen LogP contribution in [-0.4, -0.2) is 29.3 Å². The SMILES string of the molecule is Oc1ccc2cc(Br)ccc2c1CN1CCC[C@@H](C(F)(F)F)C1. The van der Waals surface area contributed by atoms with E-state index in [0.717, 1.165) is 15.2 Å². The van der Waals surface area contributed by atoms with E-state index in [4.69, 9.17) is 0 Å². The molecule has 0 aromatic heterocycles. The first kappa shape index (κ1) is 16.6. The van der Waals surface area contributed by atoms with Gasteiger partial charge in [-0.15, -0.1) is 0 Å². The van der Waals surface area contributed by atoms with Crippen LogP contribution in [0.1, 0.15) is 18.4 Å². The fraction of sp³-hybridized carbons (Fsp3) is 0.412. The van der Waals surface area contributed by atoms with Gasteiger partial charge < -0.3 is 5.11 Å². The number of halogens is 4. The summed E-state index contributed by atoms with van der Waals surface area (Å²) in [6.07, 6.45) is -3.43. The zero-order chi connectivity index (χ0) is 16.6. The third-order valence-corrected chi connectivity index (χ3v) is 4.91. The summed E-state index contributed by atoms with van der Waals surface area (Å²) >= 11 is 3.41. The highest BCUT2D eigenvalue weighted by molar-refractivity contribution is 9.10. The van der Waals surface area contributed by atoms with Crippen molar-refractivity contribution in [1.29, 1.82) is 0 Å². The van der Waals surface area contributed by atoms with Gasteiger partial charge in [-0.3, -0.25) is 4.90 Å². The first-order valence-electron chi connectivity index (χ1n) is 7.54. The molecular formula is C17H17BrF3NO. The smallest absolute Gasteiger partial charge is 0.393 e. The number of benzene rings is 2. The minimum absolute atomic E-state index is 0.00411. The van der Waals surface area contributed by atoms with E-state index in [9.17, 15) is 18.3 Å². The predicted octanol–water partition coefficient (Wildman–Crippen LogP) is 5.08. The largest absolute Gasteiger partial charge is 0.508 e. The van der Waals surface area contributed by atoms with E-state index < -0.39 is 12.1 Å². The van der Waals surface area contributed by atoms with Crippen LogP contribution in [0.5, 0.6) is 5.75 Å². The van der Waals surface area contributed by atoms with Crippen LogP contribution < -0.4 is 0 Å². The molecule has 1 saturated heterocycles. The minimum Gasteiger partial charge on any atom is -0.508 e. The second kappa shape index (κ2) is 6.32. The lowest BCUT2D eigenvalue weighted by molar-refractivity contribution is -0.187. The molecule has 124 valence electrons. The van der Waals surface area contributed by atoms with Gasteiger partial charge in [0.2, 0.25) is 0 Å². The molecule has 0 radical (unpaired) electrons. The molecule has 1 aliphatic rings. The molecule has 1 N–H and O–H groups in total. The number of aromatic hydroxyl groups is 1. The van der Waals surface area contributed by atoms with Crippen molar-refractivity contribution < 1.29 is 18.3 Å². The van der Waals surface area contributed by atoms with Crippen molar-refractivity contribution in [2.24, 2.45) is 5.92 Å². The molecule has 0 aliphatic carbocycles. The summed E-state index contributed by atoms with van der Waals surface area (Å²) < 4.78 is 39.8. The van der Waals surface area contributed by atoms with Crippen LogP contribution in [0.25, 0.3) is 10.8 Å². The van der Waals surface area contributed by atoms with Gasteiger partial charge in [-0.25, -0.2) is 0 Å². The average Bonchev–Trinajstić information content (AvgIpc) is 2.49. The maximum atomic E-state index is 12.9. The number of phenolic OH excluding ortho intramolecular Hbond substituents is 1. The highest BCUT2D eigenvalue weighted by atomic mass is 79.9. The van der Waals surface area contributed by atoms with Gasteiger partial charge in [0, 0.05) is 23.1 Å². The van der Waals surface area contributed by atoms with Crippen LogP contribution in [0.4, 0.5) is 13.2 Å². The molecule has 1 fully saturated rings. The number of likely N-dealkylation sites (tertiary alicyclic amines) is 1. The van der Waals surface area contributed by atoms with E-state index in [2.05, 4.69) is 15.9 Å². The molecule has 0 saturated carbocycles. The fourth-order valence-corrected chi connectivity index (χ4v) is 3.59. The quantitative estimate of drug-likeness (QED) is 0.776. The molecule has 2 aromatic carbocycles. The van der Waals surface area contributed by atoms with Gasteiger partial charge >= 0.3 is 6.18 Å². The van der Waals surface area contributed by atoms with E-state index in [1.807, 2.05) is 24.3 Å². The molecule has 3 rings (SSSR count). The fourth-order valence-electron chi connectivity index (χ4n) is 3.21. The third kappa shape index (κ3) is 3.63. The van der Waals surface area contributed by atoms with Crippen molar-refractivity contribution in [2.75, 3.05) is 13.1 Å². The molecule has 23 heavy (non-hydrogen) atoms. The van der Waals surface area contributed by atoms with Crippen molar-refractivity contribution in [3.05, 3.63) is 40.4 Å². The summed E-state index contributed by atoms with van der Waals surface area (Å²) in [5.41, 5.74) is 0.692. The number of phenols is 1. The minimum atomic E-state index is -4.15. The summed E-state index contributed by atoms with van der Waals surface area (Å²) in [4.78, 5) is 1.79. The Morgan fingerprint density at radius 2 is 2.00 bits per heavy atom. The standard InChI is InChI=1S/C17H17BrF3NO/c18-13-4-5-14-11(8-13)3-6-16(23)15(14)10-22-7-1-2-12(9-22)17(19,20)21/h3-6,8,12,23H,1-2,7,9-10H2/t12-/m1/s1. The van der Waals surface area contributed by atoms with Crippen molar-refractivity contribution >= 4 is 26.7 Å². The molecular weight excluding hydrogens is 371 g/mol. The molecule has 1 heterocycles. The second-order valence-corrected chi connectivity index (χ2v) is 6.96. The van der Waals surface area contributed by atoms with Crippen LogP contribution in [0.3, 0.4) is 0 Å². The molecule has 1 aliphatic heterocycles. The molecule has 0 spiro atoms. The molecule has 0 bridgehead atoms. The predicted molar refractivity (Wildman–Crippen MR) is 87.4 cm³/mol. The van der Waals surface area contributed by atoms with E-state index in [0.29, 0.717) is 25.1 Å². The lowest BCUT2D eigenvalue weighted by atomic mass is 9.96. The van der Waals surface area contributed by atoms with Crippen molar-refractivity contribution in [2.45, 2.75) is 25.6 Å². The normalized spacial score (nSPS) is 20.1. The Labute approximate surface area is 141 Å². The Balaban J connectivity index is 1.88. The molecule has 2 nitrogen and oxygen atoms in total. The summed E-state index contributed by atoms with van der Waals surface area (Å²) in [5, 5.41) is 12.0. The summed E-state index contributed by atoms with van der Waals surface area (Å²) in [6.45, 7) is 0.951. The summed E-state index contributed by atoms with van der Waals surface area (Å²) in [6, 6.07) is 9.12. The van der Waals surface area contributed by atoms with Gasteiger partial charge in [0.1, 0.15) is 5.75 Å². The first-order chi connectivity index (χ1) is 10.8. The van der Waals surface area contributed by atoms with Gasteiger partial charge in [-0.2, -0.15) is 13.2 Å². The lowest BCUT2D eigenvalue weighted by Gasteiger charge is -2.34. The summed E-state index contributed by atoms with van der Waals surface area (Å²) in [7, 11) is 0. The van der Waals surface area contributed by atoms with Crippen molar-refractivity contribution in [1.82, 2.24) is 4.90 Å². The Morgan fingerprint density at radius 1 is 1.22 bits per heavy atom. The van der Waals surface area contributed by atoms with E-state index in [1.54, 1.807) is 11.0 Å². The number of alkyl halides is 3. The van der Waals surface area contributed by atoms with Crippen LogP contribution >= 0.6 is 15.9 Å². The Hall–Kier alpha value is -1.27. The number of hydrogen-bond donors (Lipinski definition) is 1. The van der Waals surface area contributed by atoms with Crippen LogP contribution in [-0.2, 0) is 6.54 Å². The highest BCUT2D eigenvalue weighted by Crippen LogP contribution is 2.35. The number of fused-ring (bicyclic) bond motifs is 1. The molecule has 0 unspecified atom stereocenters. The Bertz CT molecular complexity index is 717. The maximum Gasteiger partial charge on any atom is 0.393 e. The van der Waals surface area contributed by atoms with Gasteiger partial charge in [0.15, 0.2) is 0 Å². The Kier molecular flexibility index (Phi) is 4.56.